The normalized spacial score (nSPS) is 17.2. The summed E-state index contributed by atoms with van der Waals surface area (Å²) < 4.78 is 2.55. The van der Waals surface area contributed by atoms with Gasteiger partial charge in [-0.05, 0) is 49.6 Å². The quantitative estimate of drug-likeness (QED) is 0.521. The van der Waals surface area contributed by atoms with Gasteiger partial charge in [-0.3, -0.25) is 4.99 Å². The SMILES string of the molecule is CCCCN=c1scc(C2(c3cc(C)cs3)CCC2)n1CCCC. The van der Waals surface area contributed by atoms with Crippen LogP contribution in [0.15, 0.2) is 21.8 Å². The molecule has 24 heavy (non-hydrogen) atoms. The van der Waals surface area contributed by atoms with Crippen molar-refractivity contribution in [2.45, 2.75) is 77.7 Å². The van der Waals surface area contributed by atoms with E-state index in [1.165, 1.54) is 61.0 Å². The monoisotopic (exact) mass is 362 g/mol. The molecule has 3 rings (SSSR count). The van der Waals surface area contributed by atoms with Gasteiger partial charge in [0, 0.05) is 34.5 Å². The summed E-state index contributed by atoms with van der Waals surface area (Å²) in [6.07, 6.45) is 8.83. The van der Waals surface area contributed by atoms with Crippen LogP contribution in [0.4, 0.5) is 0 Å². The van der Waals surface area contributed by atoms with Crippen LogP contribution in [0.3, 0.4) is 0 Å². The smallest absolute Gasteiger partial charge is 0.184 e. The van der Waals surface area contributed by atoms with Gasteiger partial charge in [-0.15, -0.1) is 22.7 Å². The fourth-order valence-corrected chi connectivity index (χ4v) is 5.76. The van der Waals surface area contributed by atoms with Crippen LogP contribution in [0.1, 0.15) is 74.9 Å². The first kappa shape index (κ1) is 17.9. The molecular formula is C20H30N2S2. The van der Waals surface area contributed by atoms with Gasteiger partial charge in [0.2, 0.25) is 0 Å². The molecule has 1 fully saturated rings. The number of hydrogen-bond acceptors (Lipinski definition) is 3. The second-order valence-corrected chi connectivity index (χ2v) is 8.82. The molecule has 1 saturated carbocycles. The Labute approximate surface area is 154 Å². The second-order valence-electron chi connectivity index (χ2n) is 7.07. The molecule has 1 aliphatic carbocycles. The summed E-state index contributed by atoms with van der Waals surface area (Å²) in [7, 11) is 0. The molecule has 2 aromatic rings. The molecule has 4 heteroatoms. The van der Waals surface area contributed by atoms with Crippen molar-refractivity contribution in [1.82, 2.24) is 4.57 Å². The van der Waals surface area contributed by atoms with E-state index in [1.807, 2.05) is 22.7 Å². The first-order valence-corrected chi connectivity index (χ1v) is 11.2. The van der Waals surface area contributed by atoms with Gasteiger partial charge in [-0.1, -0.05) is 33.1 Å². The lowest BCUT2D eigenvalue weighted by Crippen LogP contribution is -2.38. The third kappa shape index (κ3) is 3.41. The van der Waals surface area contributed by atoms with E-state index in [-0.39, 0.29) is 5.41 Å². The first-order valence-electron chi connectivity index (χ1n) is 9.46. The fourth-order valence-electron chi connectivity index (χ4n) is 3.54. The van der Waals surface area contributed by atoms with Crippen LogP contribution in [-0.2, 0) is 12.0 Å². The molecule has 2 heterocycles. The van der Waals surface area contributed by atoms with Crippen molar-refractivity contribution in [3.8, 4) is 0 Å². The van der Waals surface area contributed by atoms with Crippen LogP contribution in [0.25, 0.3) is 0 Å². The number of thiazole rings is 1. The van der Waals surface area contributed by atoms with Gasteiger partial charge < -0.3 is 4.57 Å². The van der Waals surface area contributed by atoms with Gasteiger partial charge in [-0.2, -0.15) is 0 Å². The average molecular weight is 363 g/mol. The number of nitrogens with zero attached hydrogens (tertiary/aromatic N) is 2. The lowest BCUT2D eigenvalue weighted by atomic mass is 9.65. The van der Waals surface area contributed by atoms with E-state index in [2.05, 4.69) is 42.2 Å². The van der Waals surface area contributed by atoms with Crippen LogP contribution in [0, 0.1) is 6.92 Å². The Bertz CT molecular complexity index is 716. The maximum absolute atomic E-state index is 4.93. The van der Waals surface area contributed by atoms with E-state index in [1.54, 1.807) is 4.88 Å². The molecule has 2 nitrogen and oxygen atoms in total. The Hall–Kier alpha value is -0.870. The molecule has 0 aromatic carbocycles. The third-order valence-electron chi connectivity index (χ3n) is 5.19. The summed E-state index contributed by atoms with van der Waals surface area (Å²) in [5.74, 6) is 0. The minimum absolute atomic E-state index is 0.266. The van der Waals surface area contributed by atoms with Crippen molar-refractivity contribution in [2.75, 3.05) is 6.54 Å². The summed E-state index contributed by atoms with van der Waals surface area (Å²) in [6, 6.07) is 2.42. The lowest BCUT2D eigenvalue weighted by molar-refractivity contribution is 0.287. The fraction of sp³-hybridized carbons (Fsp3) is 0.650. The number of aromatic nitrogens is 1. The highest BCUT2D eigenvalue weighted by molar-refractivity contribution is 7.10. The minimum Gasteiger partial charge on any atom is -0.320 e. The molecule has 0 N–H and O–H groups in total. The van der Waals surface area contributed by atoms with E-state index >= 15 is 0 Å². The van der Waals surface area contributed by atoms with Crippen LogP contribution >= 0.6 is 22.7 Å². The molecule has 0 spiro atoms. The highest BCUT2D eigenvalue weighted by atomic mass is 32.1. The summed E-state index contributed by atoms with van der Waals surface area (Å²) in [6.45, 7) is 8.82. The number of hydrogen-bond donors (Lipinski definition) is 0. The van der Waals surface area contributed by atoms with E-state index < -0.39 is 0 Å². The van der Waals surface area contributed by atoms with Gasteiger partial charge in [0.05, 0.1) is 0 Å². The highest BCUT2D eigenvalue weighted by Crippen LogP contribution is 2.51. The summed E-state index contributed by atoms with van der Waals surface area (Å²) >= 11 is 3.81. The molecule has 132 valence electrons. The van der Waals surface area contributed by atoms with E-state index in [4.69, 9.17) is 4.99 Å². The summed E-state index contributed by atoms with van der Waals surface area (Å²) in [5.41, 5.74) is 3.20. The molecular weight excluding hydrogens is 332 g/mol. The molecule has 0 atom stereocenters. The molecule has 0 bridgehead atoms. The van der Waals surface area contributed by atoms with Gasteiger partial charge in [0.1, 0.15) is 0 Å². The topological polar surface area (TPSA) is 17.3 Å². The van der Waals surface area contributed by atoms with Crippen molar-refractivity contribution >= 4 is 22.7 Å². The predicted molar refractivity (Wildman–Crippen MR) is 106 cm³/mol. The zero-order valence-electron chi connectivity index (χ0n) is 15.3. The predicted octanol–water partition coefficient (Wildman–Crippen LogP) is 5.89. The molecule has 0 amide bonds. The number of unbranched alkanes of at least 4 members (excludes halogenated alkanes) is 2. The van der Waals surface area contributed by atoms with Crippen LogP contribution < -0.4 is 4.80 Å². The Kier molecular flexibility index (Phi) is 5.98. The summed E-state index contributed by atoms with van der Waals surface area (Å²) in [5, 5.41) is 4.72. The van der Waals surface area contributed by atoms with E-state index in [0.717, 1.165) is 13.1 Å². The van der Waals surface area contributed by atoms with Crippen LogP contribution in [0.5, 0.6) is 0 Å². The van der Waals surface area contributed by atoms with Crippen molar-refractivity contribution < 1.29 is 0 Å². The first-order chi connectivity index (χ1) is 11.7. The van der Waals surface area contributed by atoms with Gasteiger partial charge >= 0.3 is 0 Å². The van der Waals surface area contributed by atoms with Crippen molar-refractivity contribution in [1.29, 1.82) is 0 Å². The maximum atomic E-state index is 4.93. The zero-order chi connectivity index (χ0) is 17.0. The summed E-state index contributed by atoms with van der Waals surface area (Å²) in [4.78, 5) is 7.73. The Balaban J connectivity index is 2.01. The van der Waals surface area contributed by atoms with Crippen LogP contribution in [-0.4, -0.2) is 11.1 Å². The van der Waals surface area contributed by atoms with E-state index in [0.29, 0.717) is 0 Å². The van der Waals surface area contributed by atoms with E-state index in [9.17, 15) is 0 Å². The minimum atomic E-state index is 0.266. The van der Waals surface area contributed by atoms with Gasteiger partial charge in [-0.25, -0.2) is 0 Å². The third-order valence-corrected chi connectivity index (χ3v) is 7.34. The number of thiophene rings is 1. The molecule has 0 unspecified atom stereocenters. The molecule has 2 aromatic heterocycles. The maximum Gasteiger partial charge on any atom is 0.184 e. The lowest BCUT2D eigenvalue weighted by Gasteiger charge is -2.42. The van der Waals surface area contributed by atoms with Crippen molar-refractivity contribution in [2.24, 2.45) is 4.99 Å². The molecule has 0 saturated heterocycles. The standard InChI is InChI=1S/C20H30N2S2/c1-4-6-11-21-19-22(12-7-5-2)17(15-24-19)20(9-8-10-20)18-13-16(3)14-23-18/h13-15H,4-12H2,1-3H3. The molecule has 0 radical (unpaired) electrons. The van der Waals surface area contributed by atoms with Gasteiger partial charge in [0.15, 0.2) is 4.80 Å². The Morgan fingerprint density at radius 2 is 1.92 bits per heavy atom. The molecule has 0 aliphatic heterocycles. The zero-order valence-corrected chi connectivity index (χ0v) is 16.9. The van der Waals surface area contributed by atoms with Gasteiger partial charge in [0.25, 0.3) is 0 Å². The molecule has 1 aliphatic rings. The van der Waals surface area contributed by atoms with Crippen LogP contribution in [0.2, 0.25) is 0 Å². The highest BCUT2D eigenvalue weighted by Gasteiger charge is 2.43. The van der Waals surface area contributed by atoms with Crippen molar-refractivity contribution in [3.05, 3.63) is 37.8 Å². The van der Waals surface area contributed by atoms with Crippen molar-refractivity contribution in [3.63, 3.8) is 0 Å². The Morgan fingerprint density at radius 3 is 2.50 bits per heavy atom. The average Bonchev–Trinajstić information content (AvgIpc) is 3.13. The number of aryl methyl sites for hydroxylation is 1. The second kappa shape index (κ2) is 8.01. The largest absolute Gasteiger partial charge is 0.320 e. The number of rotatable bonds is 8. The Morgan fingerprint density at radius 1 is 1.12 bits per heavy atom.